The van der Waals surface area contributed by atoms with Gasteiger partial charge in [-0.05, 0) is 29.3 Å². The van der Waals surface area contributed by atoms with Crippen molar-refractivity contribution in [3.05, 3.63) is 59.7 Å². The lowest BCUT2D eigenvalue weighted by molar-refractivity contribution is -0.130. The van der Waals surface area contributed by atoms with Gasteiger partial charge in [-0.15, -0.1) is 0 Å². The van der Waals surface area contributed by atoms with E-state index in [2.05, 4.69) is 4.74 Å². The molecule has 0 N–H and O–H groups in total. The number of alkyl halides is 2. The van der Waals surface area contributed by atoms with Crippen LogP contribution in [0.4, 0.5) is 8.78 Å². The molecule has 0 spiro atoms. The van der Waals surface area contributed by atoms with Crippen LogP contribution in [0.2, 0.25) is 0 Å². The van der Waals surface area contributed by atoms with Crippen LogP contribution in [-0.2, 0) is 27.6 Å². The number of carbonyl (C=O) groups excluding carboxylic acids is 1. The van der Waals surface area contributed by atoms with E-state index in [1.54, 1.807) is 24.3 Å². The molecular weight excluding hydrogens is 364 g/mol. The summed E-state index contributed by atoms with van der Waals surface area (Å²) in [6.45, 7) is -2.56. The SMILES string of the molecule is O=C(Cc1ccc(OC(F)F)cc1)N1CCS(=O)(=O)c2ccccc2C1. The Kier molecular flexibility index (Phi) is 5.22. The second-order valence-corrected chi connectivity index (χ2v) is 8.02. The van der Waals surface area contributed by atoms with Crippen LogP contribution < -0.4 is 4.74 Å². The molecule has 8 heteroatoms. The first-order chi connectivity index (χ1) is 12.3. The summed E-state index contributed by atoms with van der Waals surface area (Å²) in [7, 11) is -3.42. The van der Waals surface area contributed by atoms with Crippen molar-refractivity contribution in [3.63, 3.8) is 0 Å². The van der Waals surface area contributed by atoms with Crippen LogP contribution in [0.25, 0.3) is 0 Å². The van der Waals surface area contributed by atoms with Crippen molar-refractivity contribution in [3.8, 4) is 5.75 Å². The largest absolute Gasteiger partial charge is 0.435 e. The Hall–Kier alpha value is -2.48. The van der Waals surface area contributed by atoms with Crippen molar-refractivity contribution in [1.82, 2.24) is 4.90 Å². The fourth-order valence-electron chi connectivity index (χ4n) is 2.85. The van der Waals surface area contributed by atoms with E-state index >= 15 is 0 Å². The van der Waals surface area contributed by atoms with Gasteiger partial charge < -0.3 is 9.64 Å². The van der Waals surface area contributed by atoms with Crippen molar-refractivity contribution >= 4 is 15.7 Å². The molecule has 5 nitrogen and oxygen atoms in total. The summed E-state index contributed by atoms with van der Waals surface area (Å²) in [6, 6.07) is 12.5. The molecule has 138 valence electrons. The molecule has 1 aliphatic heterocycles. The smallest absolute Gasteiger partial charge is 0.387 e. The van der Waals surface area contributed by atoms with Crippen LogP contribution in [-0.4, -0.2) is 38.1 Å². The fraction of sp³-hybridized carbons (Fsp3) is 0.278. The second-order valence-electron chi connectivity index (χ2n) is 5.94. The number of sulfone groups is 1. The van der Waals surface area contributed by atoms with Gasteiger partial charge in [0.2, 0.25) is 5.91 Å². The van der Waals surface area contributed by atoms with Gasteiger partial charge in [0.1, 0.15) is 5.75 Å². The van der Waals surface area contributed by atoms with Crippen molar-refractivity contribution in [2.75, 3.05) is 12.3 Å². The molecular formula is C18H17F2NO4S. The molecule has 0 saturated carbocycles. The number of rotatable bonds is 4. The Labute approximate surface area is 150 Å². The monoisotopic (exact) mass is 381 g/mol. The molecule has 1 heterocycles. The molecule has 2 aromatic carbocycles. The number of ether oxygens (including phenoxy) is 1. The van der Waals surface area contributed by atoms with Gasteiger partial charge in [-0.2, -0.15) is 8.78 Å². The molecule has 26 heavy (non-hydrogen) atoms. The Balaban J connectivity index is 1.73. The van der Waals surface area contributed by atoms with Gasteiger partial charge in [0, 0.05) is 13.1 Å². The first kappa shape index (κ1) is 18.3. The zero-order chi connectivity index (χ0) is 18.7. The molecule has 0 atom stereocenters. The van der Waals surface area contributed by atoms with E-state index in [1.807, 2.05) is 0 Å². The average Bonchev–Trinajstić information content (AvgIpc) is 2.73. The first-order valence-corrected chi connectivity index (χ1v) is 9.62. The standard InChI is InChI=1S/C18H17F2NO4S/c19-18(20)25-15-7-5-13(6-8-15)11-17(22)21-9-10-26(23,24)16-4-2-1-3-14(16)12-21/h1-8,18H,9-12H2. The molecule has 0 radical (unpaired) electrons. The Bertz CT molecular complexity index is 898. The minimum atomic E-state index is -3.42. The number of carbonyl (C=O) groups is 1. The van der Waals surface area contributed by atoms with Crippen LogP contribution in [0.15, 0.2) is 53.4 Å². The van der Waals surface area contributed by atoms with E-state index in [4.69, 9.17) is 0 Å². The van der Waals surface area contributed by atoms with Crippen LogP contribution in [0, 0.1) is 0 Å². The third-order valence-electron chi connectivity index (χ3n) is 4.16. The minimum absolute atomic E-state index is 0.0194. The predicted molar refractivity (Wildman–Crippen MR) is 90.7 cm³/mol. The van der Waals surface area contributed by atoms with Gasteiger partial charge in [0.25, 0.3) is 0 Å². The van der Waals surface area contributed by atoms with Gasteiger partial charge in [-0.1, -0.05) is 30.3 Å². The number of amides is 1. The highest BCUT2D eigenvalue weighted by Crippen LogP contribution is 2.23. The van der Waals surface area contributed by atoms with Crippen molar-refractivity contribution in [2.24, 2.45) is 0 Å². The summed E-state index contributed by atoms with van der Waals surface area (Å²) in [5.41, 5.74) is 1.23. The number of hydrogen-bond donors (Lipinski definition) is 0. The molecule has 1 amide bonds. The van der Waals surface area contributed by atoms with Crippen molar-refractivity contribution in [1.29, 1.82) is 0 Å². The lowest BCUT2D eigenvalue weighted by Gasteiger charge is -2.20. The Morgan fingerprint density at radius 3 is 2.50 bits per heavy atom. The van der Waals surface area contributed by atoms with Crippen LogP contribution in [0.5, 0.6) is 5.75 Å². The molecule has 3 rings (SSSR count). The second kappa shape index (κ2) is 7.41. The van der Waals surface area contributed by atoms with Gasteiger partial charge in [0.15, 0.2) is 9.84 Å². The molecule has 0 aliphatic carbocycles. The lowest BCUT2D eigenvalue weighted by Crippen LogP contribution is -2.33. The average molecular weight is 381 g/mol. The van der Waals surface area contributed by atoms with Crippen LogP contribution >= 0.6 is 0 Å². The zero-order valence-electron chi connectivity index (χ0n) is 13.8. The van der Waals surface area contributed by atoms with Gasteiger partial charge in [-0.25, -0.2) is 8.42 Å². The van der Waals surface area contributed by atoms with E-state index in [0.29, 0.717) is 11.1 Å². The van der Waals surface area contributed by atoms with Crippen molar-refractivity contribution in [2.45, 2.75) is 24.5 Å². The van der Waals surface area contributed by atoms with Gasteiger partial charge in [0.05, 0.1) is 17.1 Å². The lowest BCUT2D eigenvalue weighted by atomic mass is 10.1. The topological polar surface area (TPSA) is 63.7 Å². The third kappa shape index (κ3) is 4.19. The molecule has 0 bridgehead atoms. The Morgan fingerprint density at radius 2 is 1.81 bits per heavy atom. The van der Waals surface area contributed by atoms with Crippen LogP contribution in [0.1, 0.15) is 11.1 Å². The third-order valence-corrected chi connectivity index (χ3v) is 5.94. The maximum absolute atomic E-state index is 12.6. The molecule has 1 aliphatic rings. The maximum atomic E-state index is 12.6. The highest BCUT2D eigenvalue weighted by Gasteiger charge is 2.27. The molecule has 0 unspecified atom stereocenters. The van der Waals surface area contributed by atoms with Crippen molar-refractivity contribution < 1.29 is 26.7 Å². The molecule has 2 aromatic rings. The summed E-state index contributed by atoms with van der Waals surface area (Å²) in [4.78, 5) is 14.4. The molecule has 0 aromatic heterocycles. The molecule has 0 saturated heterocycles. The zero-order valence-corrected chi connectivity index (χ0v) is 14.6. The number of benzene rings is 2. The normalized spacial score (nSPS) is 16.0. The Morgan fingerprint density at radius 1 is 1.12 bits per heavy atom. The van der Waals surface area contributed by atoms with Crippen LogP contribution in [0.3, 0.4) is 0 Å². The quantitative estimate of drug-likeness (QED) is 0.817. The number of halogens is 2. The fourth-order valence-corrected chi connectivity index (χ4v) is 4.35. The first-order valence-electron chi connectivity index (χ1n) is 7.97. The van der Waals surface area contributed by atoms with E-state index in [1.165, 1.54) is 29.2 Å². The van der Waals surface area contributed by atoms with Gasteiger partial charge in [-0.3, -0.25) is 4.79 Å². The summed E-state index contributed by atoms with van der Waals surface area (Å²) < 4.78 is 53.3. The van der Waals surface area contributed by atoms with E-state index in [9.17, 15) is 22.0 Å². The predicted octanol–water partition coefficient (Wildman–Crippen LogP) is 2.65. The number of nitrogens with zero attached hydrogens (tertiary/aromatic N) is 1. The van der Waals surface area contributed by atoms with E-state index in [-0.39, 0.29) is 41.8 Å². The number of hydrogen-bond acceptors (Lipinski definition) is 4. The number of fused-ring (bicyclic) bond motifs is 1. The maximum Gasteiger partial charge on any atom is 0.387 e. The highest BCUT2D eigenvalue weighted by molar-refractivity contribution is 7.91. The summed E-state index contributed by atoms with van der Waals surface area (Å²) in [6.07, 6.45) is 0.0528. The summed E-state index contributed by atoms with van der Waals surface area (Å²) in [5.74, 6) is -0.331. The minimum Gasteiger partial charge on any atom is -0.435 e. The molecule has 0 fully saturated rings. The highest BCUT2D eigenvalue weighted by atomic mass is 32.2. The summed E-state index contributed by atoms with van der Waals surface area (Å²) in [5, 5.41) is 0. The van der Waals surface area contributed by atoms with Gasteiger partial charge >= 0.3 is 6.61 Å². The van der Waals surface area contributed by atoms with E-state index < -0.39 is 16.4 Å². The summed E-state index contributed by atoms with van der Waals surface area (Å²) >= 11 is 0. The van der Waals surface area contributed by atoms with E-state index in [0.717, 1.165) is 0 Å².